The van der Waals surface area contributed by atoms with Crippen molar-refractivity contribution in [1.29, 1.82) is 0 Å². The molecule has 0 radical (unpaired) electrons. The van der Waals surface area contributed by atoms with Crippen molar-refractivity contribution in [2.75, 3.05) is 5.73 Å². The molecule has 1 unspecified atom stereocenters. The number of hydrogen-bond donors (Lipinski definition) is 1. The Morgan fingerprint density at radius 2 is 1.86 bits per heavy atom. The van der Waals surface area contributed by atoms with Gasteiger partial charge in [0.2, 0.25) is 0 Å². The highest BCUT2D eigenvalue weighted by atomic mass is 15.1. The third-order valence-electron chi connectivity index (χ3n) is 4.03. The van der Waals surface area contributed by atoms with E-state index in [2.05, 4.69) is 57.2 Å². The molecule has 0 aliphatic heterocycles. The predicted molar refractivity (Wildman–Crippen MR) is 87.6 cm³/mol. The number of nitrogen functional groups attached to an aromatic ring is 1. The molecule has 2 aromatic heterocycles. The first kappa shape index (κ1) is 13.7. The summed E-state index contributed by atoms with van der Waals surface area (Å²) in [7, 11) is 0. The Labute approximate surface area is 125 Å². The SMILES string of the molecule is Cc1cc(C)n2c(N)c(CC(C)c3ccccc3)nc2c1. The first-order valence-electron chi connectivity index (χ1n) is 7.35. The van der Waals surface area contributed by atoms with Gasteiger partial charge in [-0.05, 0) is 43.0 Å². The molecule has 0 amide bonds. The van der Waals surface area contributed by atoms with Crippen LogP contribution in [0.5, 0.6) is 0 Å². The minimum atomic E-state index is 0.403. The molecule has 0 saturated heterocycles. The normalized spacial score (nSPS) is 12.7. The Hall–Kier alpha value is -2.29. The fourth-order valence-electron chi connectivity index (χ4n) is 2.94. The van der Waals surface area contributed by atoms with Gasteiger partial charge in [-0.3, -0.25) is 4.40 Å². The average molecular weight is 279 g/mol. The Bertz CT molecular complexity index is 772. The molecule has 3 heteroatoms. The highest BCUT2D eigenvalue weighted by Crippen LogP contribution is 2.25. The lowest BCUT2D eigenvalue weighted by molar-refractivity contribution is 0.747. The number of aromatic nitrogens is 2. The molecular weight excluding hydrogens is 258 g/mol. The summed E-state index contributed by atoms with van der Waals surface area (Å²) < 4.78 is 2.04. The Kier molecular flexibility index (Phi) is 3.42. The fraction of sp³-hybridized carbons (Fsp3) is 0.278. The van der Waals surface area contributed by atoms with Crippen LogP contribution in [0.2, 0.25) is 0 Å². The van der Waals surface area contributed by atoms with Gasteiger partial charge in [0.25, 0.3) is 0 Å². The molecule has 3 nitrogen and oxygen atoms in total. The van der Waals surface area contributed by atoms with Gasteiger partial charge in [0.1, 0.15) is 11.5 Å². The summed E-state index contributed by atoms with van der Waals surface area (Å²) in [5.74, 6) is 1.17. The summed E-state index contributed by atoms with van der Waals surface area (Å²) >= 11 is 0. The summed E-state index contributed by atoms with van der Waals surface area (Å²) in [4.78, 5) is 4.74. The average Bonchev–Trinajstić information content (AvgIpc) is 2.76. The lowest BCUT2D eigenvalue weighted by atomic mass is 9.96. The molecule has 21 heavy (non-hydrogen) atoms. The Balaban J connectivity index is 1.98. The van der Waals surface area contributed by atoms with Crippen LogP contribution in [-0.2, 0) is 6.42 Å². The zero-order valence-electron chi connectivity index (χ0n) is 12.8. The minimum Gasteiger partial charge on any atom is -0.383 e. The molecule has 1 atom stereocenters. The lowest BCUT2D eigenvalue weighted by Gasteiger charge is -2.10. The van der Waals surface area contributed by atoms with Crippen molar-refractivity contribution in [3.63, 3.8) is 0 Å². The lowest BCUT2D eigenvalue weighted by Crippen LogP contribution is -2.03. The van der Waals surface area contributed by atoms with Crippen molar-refractivity contribution in [3.05, 3.63) is 65.0 Å². The molecule has 0 saturated carbocycles. The summed E-state index contributed by atoms with van der Waals surface area (Å²) in [6, 6.07) is 14.7. The van der Waals surface area contributed by atoms with E-state index in [9.17, 15) is 0 Å². The quantitative estimate of drug-likeness (QED) is 0.790. The number of rotatable bonds is 3. The summed E-state index contributed by atoms with van der Waals surface area (Å²) in [5.41, 5.74) is 11.9. The van der Waals surface area contributed by atoms with E-state index in [1.165, 1.54) is 11.1 Å². The minimum absolute atomic E-state index is 0.403. The summed E-state index contributed by atoms with van der Waals surface area (Å²) in [6.45, 7) is 6.38. The van der Waals surface area contributed by atoms with E-state index in [0.717, 1.165) is 29.3 Å². The summed E-state index contributed by atoms with van der Waals surface area (Å²) in [6.07, 6.45) is 0.857. The van der Waals surface area contributed by atoms with Crippen LogP contribution in [-0.4, -0.2) is 9.38 Å². The number of benzene rings is 1. The van der Waals surface area contributed by atoms with Crippen molar-refractivity contribution in [2.24, 2.45) is 0 Å². The van der Waals surface area contributed by atoms with E-state index in [0.29, 0.717) is 5.92 Å². The molecule has 108 valence electrons. The van der Waals surface area contributed by atoms with Gasteiger partial charge in [0, 0.05) is 12.1 Å². The number of nitrogens with zero attached hydrogens (tertiary/aromatic N) is 2. The molecule has 2 N–H and O–H groups in total. The zero-order valence-corrected chi connectivity index (χ0v) is 12.8. The fourth-order valence-corrected chi connectivity index (χ4v) is 2.94. The third-order valence-corrected chi connectivity index (χ3v) is 4.03. The van der Waals surface area contributed by atoms with Crippen LogP contribution in [0.25, 0.3) is 5.65 Å². The van der Waals surface area contributed by atoms with E-state index in [1.807, 2.05) is 10.5 Å². The van der Waals surface area contributed by atoms with Crippen LogP contribution < -0.4 is 5.73 Å². The number of pyridine rings is 1. The first-order chi connectivity index (χ1) is 10.1. The van der Waals surface area contributed by atoms with Crippen LogP contribution in [0.1, 0.15) is 35.4 Å². The maximum atomic E-state index is 6.32. The largest absolute Gasteiger partial charge is 0.383 e. The van der Waals surface area contributed by atoms with Crippen LogP contribution in [0.15, 0.2) is 42.5 Å². The Morgan fingerprint density at radius 3 is 2.57 bits per heavy atom. The van der Waals surface area contributed by atoms with Crippen molar-refractivity contribution in [3.8, 4) is 0 Å². The van der Waals surface area contributed by atoms with E-state index in [1.54, 1.807) is 0 Å². The zero-order chi connectivity index (χ0) is 15.0. The Morgan fingerprint density at radius 1 is 1.14 bits per heavy atom. The van der Waals surface area contributed by atoms with E-state index in [4.69, 9.17) is 10.7 Å². The predicted octanol–water partition coefficient (Wildman–Crippen LogP) is 3.88. The molecule has 3 rings (SSSR count). The summed E-state index contributed by atoms with van der Waals surface area (Å²) in [5, 5.41) is 0. The van der Waals surface area contributed by atoms with Gasteiger partial charge in [-0.2, -0.15) is 0 Å². The highest BCUT2D eigenvalue weighted by molar-refractivity contribution is 5.55. The molecule has 2 heterocycles. The number of anilines is 1. The van der Waals surface area contributed by atoms with Crippen LogP contribution >= 0.6 is 0 Å². The first-order valence-corrected chi connectivity index (χ1v) is 7.35. The molecule has 3 aromatic rings. The smallest absolute Gasteiger partial charge is 0.139 e. The molecule has 0 fully saturated rings. The van der Waals surface area contributed by atoms with Gasteiger partial charge < -0.3 is 5.73 Å². The van der Waals surface area contributed by atoms with Gasteiger partial charge in [0.15, 0.2) is 0 Å². The van der Waals surface area contributed by atoms with Gasteiger partial charge in [-0.15, -0.1) is 0 Å². The van der Waals surface area contributed by atoms with Crippen molar-refractivity contribution in [2.45, 2.75) is 33.1 Å². The second kappa shape index (κ2) is 5.24. The molecule has 0 aliphatic carbocycles. The second-order valence-corrected chi connectivity index (χ2v) is 5.83. The van der Waals surface area contributed by atoms with Gasteiger partial charge in [-0.25, -0.2) is 4.98 Å². The van der Waals surface area contributed by atoms with Crippen LogP contribution in [0.3, 0.4) is 0 Å². The van der Waals surface area contributed by atoms with E-state index < -0.39 is 0 Å². The van der Waals surface area contributed by atoms with Crippen molar-refractivity contribution < 1.29 is 0 Å². The van der Waals surface area contributed by atoms with Gasteiger partial charge in [-0.1, -0.05) is 37.3 Å². The maximum Gasteiger partial charge on any atom is 0.139 e. The van der Waals surface area contributed by atoms with Crippen molar-refractivity contribution >= 4 is 11.5 Å². The second-order valence-electron chi connectivity index (χ2n) is 5.83. The molecule has 0 spiro atoms. The van der Waals surface area contributed by atoms with Crippen LogP contribution in [0.4, 0.5) is 5.82 Å². The number of fused-ring (bicyclic) bond motifs is 1. The molecule has 0 bridgehead atoms. The maximum absolute atomic E-state index is 6.32. The molecule has 0 aliphatic rings. The highest BCUT2D eigenvalue weighted by Gasteiger charge is 2.15. The number of aryl methyl sites for hydroxylation is 2. The number of imidazole rings is 1. The number of hydrogen-bond acceptors (Lipinski definition) is 2. The third kappa shape index (κ3) is 2.51. The topological polar surface area (TPSA) is 43.3 Å². The van der Waals surface area contributed by atoms with E-state index >= 15 is 0 Å². The van der Waals surface area contributed by atoms with Crippen LogP contribution in [0, 0.1) is 13.8 Å². The van der Waals surface area contributed by atoms with Gasteiger partial charge >= 0.3 is 0 Å². The molecular formula is C18H21N3. The van der Waals surface area contributed by atoms with Gasteiger partial charge in [0.05, 0.1) is 5.69 Å². The number of nitrogens with two attached hydrogens (primary N) is 1. The van der Waals surface area contributed by atoms with Crippen molar-refractivity contribution in [1.82, 2.24) is 9.38 Å². The molecule has 1 aromatic carbocycles. The van der Waals surface area contributed by atoms with E-state index in [-0.39, 0.29) is 0 Å². The monoisotopic (exact) mass is 279 g/mol. The standard InChI is InChI=1S/C18H21N3/c1-12-9-14(3)21-17(10-12)20-16(18(21)19)11-13(2)15-7-5-4-6-8-15/h4-10,13H,11,19H2,1-3H3.